The number of carbonyl (C=O) groups is 2. The summed E-state index contributed by atoms with van der Waals surface area (Å²) in [5, 5.41) is 2.97. The van der Waals surface area contributed by atoms with Gasteiger partial charge in [0.25, 0.3) is 0 Å². The second kappa shape index (κ2) is 11.7. The highest BCUT2D eigenvalue weighted by Crippen LogP contribution is 2.09. The zero-order chi connectivity index (χ0) is 12.9. The zero-order valence-corrected chi connectivity index (χ0v) is 11.5. The lowest BCUT2D eigenvalue weighted by atomic mass is 10.1. The van der Waals surface area contributed by atoms with Crippen molar-refractivity contribution in [1.29, 1.82) is 0 Å². The Balaban J connectivity index is 3.06. The van der Waals surface area contributed by atoms with Gasteiger partial charge in [0.2, 0.25) is 5.91 Å². The molecule has 0 radical (unpaired) electrons. The van der Waals surface area contributed by atoms with Crippen LogP contribution in [-0.4, -0.2) is 23.3 Å². The molecular weight excluding hydrogens is 234 g/mol. The molecule has 1 N–H and O–H groups in total. The minimum atomic E-state index is -0.0914. The molecule has 0 fully saturated rings. The van der Waals surface area contributed by atoms with Crippen molar-refractivity contribution in [3.05, 3.63) is 12.7 Å². The van der Waals surface area contributed by atoms with Gasteiger partial charge < -0.3 is 5.32 Å². The Morgan fingerprint density at radius 1 is 1.12 bits per heavy atom. The van der Waals surface area contributed by atoms with E-state index in [1.54, 1.807) is 6.92 Å². The molecule has 0 unspecified atom stereocenters. The lowest BCUT2D eigenvalue weighted by Gasteiger charge is -2.02. The number of unbranched alkanes of at least 4 members (excludes halogenated alkanes) is 5. The van der Waals surface area contributed by atoms with Gasteiger partial charge in [-0.25, -0.2) is 0 Å². The van der Waals surface area contributed by atoms with Crippen molar-refractivity contribution in [1.82, 2.24) is 5.32 Å². The highest BCUT2D eigenvalue weighted by molar-refractivity contribution is 8.13. The minimum absolute atomic E-state index is 0.0914. The Hall–Kier alpha value is -0.770. The third-order valence-electron chi connectivity index (χ3n) is 2.36. The molecule has 0 aromatic rings. The molecule has 98 valence electrons. The number of rotatable bonds is 10. The summed E-state index contributed by atoms with van der Waals surface area (Å²) in [6, 6.07) is 0. The summed E-state index contributed by atoms with van der Waals surface area (Å²) in [5.41, 5.74) is 0. The van der Waals surface area contributed by atoms with Crippen LogP contribution in [0.15, 0.2) is 12.7 Å². The molecule has 4 heteroatoms. The number of carbonyl (C=O) groups excluding carboxylic acids is 2. The first-order valence-corrected chi connectivity index (χ1v) is 7.19. The highest BCUT2D eigenvalue weighted by Gasteiger charge is 1.96. The largest absolute Gasteiger partial charge is 0.353 e. The maximum atomic E-state index is 10.8. The van der Waals surface area contributed by atoms with Crippen LogP contribution in [-0.2, 0) is 9.59 Å². The molecule has 3 nitrogen and oxygen atoms in total. The Labute approximate surface area is 108 Å². The average molecular weight is 257 g/mol. The summed E-state index contributed by atoms with van der Waals surface area (Å²) < 4.78 is 0. The van der Waals surface area contributed by atoms with Crippen LogP contribution in [0.2, 0.25) is 0 Å². The van der Waals surface area contributed by atoms with E-state index in [9.17, 15) is 9.59 Å². The first-order valence-electron chi connectivity index (χ1n) is 6.20. The van der Waals surface area contributed by atoms with E-state index < -0.39 is 0 Å². The van der Waals surface area contributed by atoms with E-state index in [0.29, 0.717) is 0 Å². The summed E-state index contributed by atoms with van der Waals surface area (Å²) in [4.78, 5) is 21.5. The fourth-order valence-corrected chi connectivity index (χ4v) is 2.07. The fraction of sp³-hybridized carbons (Fsp3) is 0.692. The monoisotopic (exact) mass is 257 g/mol. The van der Waals surface area contributed by atoms with Crippen molar-refractivity contribution in [2.24, 2.45) is 0 Å². The average Bonchev–Trinajstić information content (AvgIpc) is 2.30. The predicted octanol–water partition coefficient (Wildman–Crippen LogP) is 2.91. The Bertz CT molecular complexity index is 242. The molecular formula is C13H23NO2S. The molecule has 0 aromatic heterocycles. The summed E-state index contributed by atoms with van der Waals surface area (Å²) in [7, 11) is 0. The molecule has 17 heavy (non-hydrogen) atoms. The van der Waals surface area contributed by atoms with Crippen molar-refractivity contribution < 1.29 is 9.59 Å². The predicted molar refractivity (Wildman–Crippen MR) is 74.0 cm³/mol. The van der Waals surface area contributed by atoms with Crippen LogP contribution in [0, 0.1) is 0 Å². The van der Waals surface area contributed by atoms with E-state index in [2.05, 4.69) is 11.9 Å². The van der Waals surface area contributed by atoms with Crippen molar-refractivity contribution in [3.63, 3.8) is 0 Å². The first-order chi connectivity index (χ1) is 8.16. The van der Waals surface area contributed by atoms with Gasteiger partial charge in [-0.05, 0) is 18.9 Å². The SMILES string of the molecule is C=CC(=O)NCCCCCCCCSC(C)=O. The molecule has 0 saturated carbocycles. The standard InChI is InChI=1S/C13H23NO2S/c1-3-13(16)14-10-8-6-4-5-7-9-11-17-12(2)15/h3H,1,4-11H2,2H3,(H,14,16). The lowest BCUT2D eigenvalue weighted by molar-refractivity contribution is -0.116. The van der Waals surface area contributed by atoms with Gasteiger partial charge in [-0.3, -0.25) is 9.59 Å². The molecule has 0 aliphatic rings. The third kappa shape index (κ3) is 13.2. The van der Waals surface area contributed by atoms with Crippen molar-refractivity contribution in [2.75, 3.05) is 12.3 Å². The molecule has 0 rings (SSSR count). The van der Waals surface area contributed by atoms with Crippen LogP contribution in [0.25, 0.3) is 0 Å². The fourth-order valence-electron chi connectivity index (χ4n) is 1.43. The second-order valence-corrected chi connectivity index (χ2v) is 5.23. The number of thioether (sulfide) groups is 1. The van der Waals surface area contributed by atoms with Crippen LogP contribution in [0.4, 0.5) is 0 Å². The molecule has 0 aliphatic heterocycles. The molecule has 0 atom stereocenters. The molecule has 0 saturated heterocycles. The number of hydrogen-bond acceptors (Lipinski definition) is 3. The van der Waals surface area contributed by atoms with Crippen LogP contribution in [0.3, 0.4) is 0 Å². The maximum Gasteiger partial charge on any atom is 0.243 e. The van der Waals surface area contributed by atoms with Crippen LogP contribution in [0.5, 0.6) is 0 Å². The van der Waals surface area contributed by atoms with E-state index in [1.807, 2.05) is 0 Å². The summed E-state index contributed by atoms with van der Waals surface area (Å²) >= 11 is 1.41. The van der Waals surface area contributed by atoms with Gasteiger partial charge in [-0.2, -0.15) is 0 Å². The van der Waals surface area contributed by atoms with Crippen molar-refractivity contribution >= 4 is 22.8 Å². The molecule has 0 spiro atoms. The Morgan fingerprint density at radius 2 is 1.71 bits per heavy atom. The third-order valence-corrected chi connectivity index (χ3v) is 3.26. The summed E-state index contributed by atoms with van der Waals surface area (Å²) in [6.45, 7) is 5.75. The van der Waals surface area contributed by atoms with Gasteiger partial charge in [-0.15, -0.1) is 0 Å². The van der Waals surface area contributed by atoms with Gasteiger partial charge >= 0.3 is 0 Å². The van der Waals surface area contributed by atoms with E-state index in [4.69, 9.17) is 0 Å². The van der Waals surface area contributed by atoms with Crippen LogP contribution >= 0.6 is 11.8 Å². The Kier molecular flexibility index (Phi) is 11.2. The summed E-state index contributed by atoms with van der Waals surface area (Å²) in [6.07, 6.45) is 8.21. The van der Waals surface area contributed by atoms with Crippen molar-refractivity contribution in [3.8, 4) is 0 Å². The number of hydrogen-bond donors (Lipinski definition) is 1. The van der Waals surface area contributed by atoms with Crippen LogP contribution in [0.1, 0.15) is 45.4 Å². The number of nitrogens with one attached hydrogen (secondary N) is 1. The van der Waals surface area contributed by atoms with Crippen molar-refractivity contribution in [2.45, 2.75) is 45.4 Å². The maximum absolute atomic E-state index is 10.8. The van der Waals surface area contributed by atoms with Gasteiger partial charge in [-0.1, -0.05) is 44.0 Å². The topological polar surface area (TPSA) is 46.2 Å². The molecule has 0 bridgehead atoms. The molecule has 0 heterocycles. The lowest BCUT2D eigenvalue weighted by Crippen LogP contribution is -2.21. The molecule has 0 aliphatic carbocycles. The van der Waals surface area contributed by atoms with Gasteiger partial charge in [0, 0.05) is 19.2 Å². The number of amides is 1. The smallest absolute Gasteiger partial charge is 0.243 e. The first kappa shape index (κ1) is 16.2. The van der Waals surface area contributed by atoms with E-state index in [-0.39, 0.29) is 11.0 Å². The van der Waals surface area contributed by atoms with Gasteiger partial charge in [0.05, 0.1) is 0 Å². The normalized spacial score (nSPS) is 9.94. The highest BCUT2D eigenvalue weighted by atomic mass is 32.2. The summed E-state index contributed by atoms with van der Waals surface area (Å²) in [5.74, 6) is 0.858. The second-order valence-electron chi connectivity index (χ2n) is 3.96. The van der Waals surface area contributed by atoms with E-state index in [1.165, 1.54) is 37.1 Å². The van der Waals surface area contributed by atoms with Gasteiger partial charge in [0.1, 0.15) is 0 Å². The minimum Gasteiger partial charge on any atom is -0.353 e. The van der Waals surface area contributed by atoms with E-state index >= 15 is 0 Å². The Morgan fingerprint density at radius 3 is 2.29 bits per heavy atom. The quantitative estimate of drug-likeness (QED) is 0.483. The van der Waals surface area contributed by atoms with Gasteiger partial charge in [0.15, 0.2) is 5.12 Å². The molecule has 1 amide bonds. The van der Waals surface area contributed by atoms with E-state index in [0.717, 1.165) is 31.6 Å². The zero-order valence-electron chi connectivity index (χ0n) is 10.7. The molecule has 0 aromatic carbocycles. The van der Waals surface area contributed by atoms with Crippen LogP contribution < -0.4 is 5.32 Å².